The monoisotopic (exact) mass is 198 g/mol. The van der Waals surface area contributed by atoms with Gasteiger partial charge in [-0.25, -0.2) is 0 Å². The van der Waals surface area contributed by atoms with E-state index in [1.54, 1.807) is 0 Å². The minimum Gasteiger partial charge on any atom is -0.129 e. The highest BCUT2D eigenvalue weighted by atomic mass is 35.6. The van der Waals surface area contributed by atoms with Crippen LogP contribution in [-0.2, 0) is 0 Å². The van der Waals surface area contributed by atoms with E-state index >= 15 is 0 Å². The molecular weight excluding hydrogens is 198 g/mol. The Morgan fingerprint density at radius 2 is 1.78 bits per heavy atom. The standard InChI is InChI=1S/C2HB3Cl4/c3-5-4-1(6)2(7,8)9/h1H. The lowest BCUT2D eigenvalue weighted by atomic mass is 9.27. The van der Waals surface area contributed by atoms with Crippen molar-refractivity contribution < 1.29 is 0 Å². The molecule has 46 valence electrons. The van der Waals surface area contributed by atoms with E-state index in [0.29, 0.717) is 0 Å². The van der Waals surface area contributed by atoms with Crippen molar-refractivity contribution in [3.05, 3.63) is 0 Å². The zero-order valence-corrected chi connectivity index (χ0v) is 7.34. The Balaban J connectivity index is 3.59. The van der Waals surface area contributed by atoms with Crippen molar-refractivity contribution in [1.82, 2.24) is 0 Å². The Hall–Kier alpha value is 1.35. The van der Waals surface area contributed by atoms with Crippen molar-refractivity contribution in [3.8, 4) is 0 Å². The van der Waals surface area contributed by atoms with Gasteiger partial charge in [0.2, 0.25) is 0 Å². The van der Waals surface area contributed by atoms with Crippen LogP contribution < -0.4 is 0 Å². The topological polar surface area (TPSA) is 0 Å². The van der Waals surface area contributed by atoms with Gasteiger partial charge in [-0.1, -0.05) is 34.8 Å². The van der Waals surface area contributed by atoms with Crippen LogP contribution in [-0.4, -0.2) is 31.0 Å². The highest BCUT2D eigenvalue weighted by molar-refractivity contribution is 7.25. The predicted octanol–water partition coefficient (Wildman–Crippen LogP) is 1.33. The predicted molar refractivity (Wildman–Crippen MR) is 47.2 cm³/mol. The first-order valence-corrected chi connectivity index (χ1v) is 3.64. The van der Waals surface area contributed by atoms with Crippen LogP contribution in [0.25, 0.3) is 0 Å². The molecule has 0 aromatic rings. The fraction of sp³-hybridized carbons (Fsp3) is 1.00. The molecule has 1 atom stereocenters. The van der Waals surface area contributed by atoms with Crippen molar-refractivity contribution in [3.63, 3.8) is 0 Å². The van der Waals surface area contributed by atoms with Gasteiger partial charge < -0.3 is 0 Å². The van der Waals surface area contributed by atoms with Crippen LogP contribution in [0, 0.1) is 0 Å². The van der Waals surface area contributed by atoms with E-state index in [1.165, 1.54) is 14.2 Å². The molecule has 0 aliphatic carbocycles. The third kappa shape index (κ3) is 4.72. The maximum Gasteiger partial charge on any atom is 0.198 e. The fourth-order valence-electron chi connectivity index (χ4n) is 0.207. The molecule has 0 aromatic carbocycles. The summed E-state index contributed by atoms with van der Waals surface area (Å²) < 4.78 is -1.47. The summed E-state index contributed by atoms with van der Waals surface area (Å²) in [6, 6.07) is 0. The molecule has 0 aliphatic rings. The van der Waals surface area contributed by atoms with Crippen LogP contribution in [0.5, 0.6) is 0 Å². The van der Waals surface area contributed by atoms with Gasteiger partial charge in [-0.05, 0) is 0 Å². The summed E-state index contributed by atoms with van der Waals surface area (Å²) in [5, 5.41) is -0.674. The lowest BCUT2D eigenvalue weighted by Gasteiger charge is -2.16. The maximum absolute atomic E-state index is 5.49. The van der Waals surface area contributed by atoms with Crippen LogP contribution in [0.2, 0.25) is 0 Å². The maximum atomic E-state index is 5.49. The molecule has 0 rings (SSSR count). The first-order chi connectivity index (χ1) is 3.98. The van der Waals surface area contributed by atoms with Crippen molar-refractivity contribution in [2.24, 2.45) is 0 Å². The highest BCUT2D eigenvalue weighted by Crippen LogP contribution is 2.32. The fourth-order valence-corrected chi connectivity index (χ4v) is 0.509. The molecule has 0 heterocycles. The van der Waals surface area contributed by atoms with Crippen LogP contribution in [0.15, 0.2) is 0 Å². The summed E-state index contributed by atoms with van der Waals surface area (Å²) in [6.07, 6.45) is 0. The second kappa shape index (κ2) is 4.28. The van der Waals surface area contributed by atoms with Gasteiger partial charge in [0.25, 0.3) is 0 Å². The average Bonchev–Trinajstić information content (AvgIpc) is 1.64. The van der Waals surface area contributed by atoms with Crippen LogP contribution in [0.4, 0.5) is 0 Å². The summed E-state index contributed by atoms with van der Waals surface area (Å²) in [7, 11) is 7.62. The Morgan fingerprint density at radius 1 is 1.33 bits per heavy atom. The minimum absolute atomic E-state index is 0.674. The van der Waals surface area contributed by atoms with Gasteiger partial charge in [0.05, 0.1) is 7.17 Å². The van der Waals surface area contributed by atoms with E-state index in [0.717, 1.165) is 0 Å². The van der Waals surface area contributed by atoms with Gasteiger partial charge in [-0.3, -0.25) is 0 Å². The zero-order chi connectivity index (χ0) is 7.49. The van der Waals surface area contributed by atoms with E-state index in [2.05, 4.69) is 0 Å². The van der Waals surface area contributed by atoms with Crippen LogP contribution in [0.3, 0.4) is 0 Å². The zero-order valence-electron chi connectivity index (χ0n) is 4.32. The second-order valence-corrected chi connectivity index (χ2v) is 4.17. The molecular formula is C2HB3Cl4. The molecule has 0 spiro atoms. The quantitative estimate of drug-likeness (QED) is 0.465. The number of hydrogen-bond donors (Lipinski definition) is 0. The van der Waals surface area contributed by atoms with Crippen LogP contribution in [0.1, 0.15) is 0 Å². The lowest BCUT2D eigenvalue weighted by Crippen LogP contribution is -2.29. The average molecular weight is 199 g/mol. The van der Waals surface area contributed by atoms with Gasteiger partial charge in [0, 0.05) is 20.1 Å². The smallest absolute Gasteiger partial charge is 0.129 e. The third-order valence-corrected chi connectivity index (χ3v) is 2.11. The molecule has 0 saturated carbocycles. The van der Waals surface area contributed by atoms with E-state index in [-0.39, 0.29) is 0 Å². The number of halogens is 4. The molecule has 1 unspecified atom stereocenters. The van der Waals surface area contributed by atoms with Gasteiger partial charge in [-0.15, -0.1) is 11.6 Å². The summed E-state index contributed by atoms with van der Waals surface area (Å²) >= 11 is 21.6. The minimum atomic E-state index is -1.47. The van der Waals surface area contributed by atoms with E-state index in [4.69, 9.17) is 54.1 Å². The molecule has 0 fully saturated rings. The van der Waals surface area contributed by atoms with Crippen molar-refractivity contribution in [2.75, 3.05) is 0 Å². The highest BCUT2D eigenvalue weighted by Gasteiger charge is 2.29. The Bertz CT molecular complexity index is 80.4. The van der Waals surface area contributed by atoms with E-state index in [9.17, 15) is 0 Å². The molecule has 0 saturated heterocycles. The first-order valence-electron chi connectivity index (χ1n) is 2.07. The number of alkyl halides is 4. The molecule has 7 heteroatoms. The van der Waals surface area contributed by atoms with Crippen molar-refractivity contribution >= 4 is 68.4 Å². The van der Waals surface area contributed by atoms with E-state index in [1.807, 2.05) is 0 Å². The SMILES string of the molecule is [B][B][B]C(Cl)C(Cl)(Cl)Cl. The summed E-state index contributed by atoms with van der Waals surface area (Å²) in [5.74, 6) is 0. The Kier molecular flexibility index (Phi) is 4.92. The summed E-state index contributed by atoms with van der Waals surface area (Å²) in [4.78, 5) is 0. The van der Waals surface area contributed by atoms with Crippen LogP contribution >= 0.6 is 46.4 Å². The van der Waals surface area contributed by atoms with Crippen molar-refractivity contribution in [1.29, 1.82) is 0 Å². The summed E-state index contributed by atoms with van der Waals surface area (Å²) in [5.41, 5.74) is 0. The molecule has 0 aliphatic heterocycles. The molecule has 0 bridgehead atoms. The van der Waals surface area contributed by atoms with Gasteiger partial charge in [-0.2, -0.15) is 0 Å². The molecule has 9 heavy (non-hydrogen) atoms. The number of rotatable bonds is 2. The Morgan fingerprint density at radius 3 is 1.89 bits per heavy atom. The first kappa shape index (κ1) is 10.4. The molecule has 0 N–H and O–H groups in total. The molecule has 4 radical (unpaired) electrons. The van der Waals surface area contributed by atoms with Gasteiger partial charge in [0.1, 0.15) is 0 Å². The second-order valence-electron chi connectivity index (χ2n) is 1.33. The van der Waals surface area contributed by atoms with Gasteiger partial charge >= 0.3 is 0 Å². The molecule has 0 aromatic heterocycles. The molecule has 0 nitrogen and oxygen atoms in total. The van der Waals surface area contributed by atoms with Crippen molar-refractivity contribution in [2.45, 2.75) is 9.07 Å². The lowest BCUT2D eigenvalue weighted by molar-refractivity contribution is 1.18. The molecule has 0 amide bonds. The number of hydrogen-bond acceptors (Lipinski definition) is 0. The largest absolute Gasteiger partial charge is 0.198 e. The third-order valence-electron chi connectivity index (χ3n) is 0.593. The van der Waals surface area contributed by atoms with E-state index < -0.39 is 9.07 Å². The van der Waals surface area contributed by atoms with Gasteiger partial charge in [0.15, 0.2) is 3.79 Å². The summed E-state index contributed by atoms with van der Waals surface area (Å²) in [6.45, 7) is 0. The normalized spacial score (nSPS) is 14.7. The Labute approximate surface area is 77.4 Å².